The summed E-state index contributed by atoms with van der Waals surface area (Å²) in [5.74, 6) is 0.903. The summed E-state index contributed by atoms with van der Waals surface area (Å²) in [6.07, 6.45) is 0. The fourth-order valence-corrected chi connectivity index (χ4v) is 1.81. The number of halogens is 1. The molecule has 0 heterocycles. The van der Waals surface area contributed by atoms with Crippen molar-refractivity contribution in [3.63, 3.8) is 0 Å². The fourth-order valence-electron chi connectivity index (χ4n) is 1.58. The van der Waals surface area contributed by atoms with Crippen molar-refractivity contribution in [3.05, 3.63) is 29.8 Å². The largest absolute Gasteiger partial charge is 0.497 e. The highest BCUT2D eigenvalue weighted by molar-refractivity contribution is 6.20. The van der Waals surface area contributed by atoms with Crippen molar-refractivity contribution in [1.29, 1.82) is 0 Å². The monoisotopic (exact) mass is 227 g/mol. The van der Waals surface area contributed by atoms with Crippen LogP contribution in [0.4, 0.5) is 0 Å². The Kier molecular flexibility index (Phi) is 4.92. The number of alkyl halides is 1. The van der Waals surface area contributed by atoms with Crippen LogP contribution in [-0.2, 0) is 6.54 Å². The fraction of sp³-hybridized carbons (Fsp3) is 0.500. The van der Waals surface area contributed by atoms with Gasteiger partial charge in [-0.1, -0.05) is 12.1 Å². The number of ether oxygens (including phenoxy) is 1. The maximum absolute atomic E-state index is 5.93. The van der Waals surface area contributed by atoms with Gasteiger partial charge in [-0.05, 0) is 31.7 Å². The molecule has 0 spiro atoms. The van der Waals surface area contributed by atoms with Crippen molar-refractivity contribution in [2.24, 2.45) is 0 Å². The Morgan fingerprint density at radius 2 is 2.20 bits per heavy atom. The molecule has 0 aromatic heterocycles. The highest BCUT2D eigenvalue weighted by Crippen LogP contribution is 2.14. The molecule has 0 aliphatic heterocycles. The minimum atomic E-state index is 0.181. The molecule has 15 heavy (non-hydrogen) atoms. The van der Waals surface area contributed by atoms with Crippen molar-refractivity contribution in [3.8, 4) is 5.75 Å². The SMILES string of the molecule is COc1cccc(CN(C)CC(C)Cl)c1. The van der Waals surface area contributed by atoms with Crippen LogP contribution in [0.25, 0.3) is 0 Å². The van der Waals surface area contributed by atoms with Gasteiger partial charge in [0.05, 0.1) is 7.11 Å². The van der Waals surface area contributed by atoms with E-state index < -0.39 is 0 Å². The highest BCUT2D eigenvalue weighted by Gasteiger charge is 2.04. The van der Waals surface area contributed by atoms with Gasteiger partial charge in [-0.2, -0.15) is 0 Å². The first-order valence-electron chi connectivity index (χ1n) is 5.07. The molecular formula is C12H18ClNO. The van der Waals surface area contributed by atoms with Gasteiger partial charge in [0.25, 0.3) is 0 Å². The molecule has 1 rings (SSSR count). The zero-order valence-electron chi connectivity index (χ0n) is 9.53. The molecular weight excluding hydrogens is 210 g/mol. The Hall–Kier alpha value is -0.730. The van der Waals surface area contributed by atoms with Crippen LogP contribution in [0.2, 0.25) is 0 Å². The second-order valence-corrected chi connectivity index (χ2v) is 4.57. The summed E-state index contributed by atoms with van der Waals surface area (Å²) in [4.78, 5) is 2.20. The van der Waals surface area contributed by atoms with Gasteiger partial charge in [0, 0.05) is 18.5 Å². The van der Waals surface area contributed by atoms with Gasteiger partial charge in [0.15, 0.2) is 0 Å². The van der Waals surface area contributed by atoms with E-state index in [2.05, 4.69) is 24.1 Å². The van der Waals surface area contributed by atoms with Crippen LogP contribution in [0.1, 0.15) is 12.5 Å². The molecule has 1 aromatic carbocycles. The normalized spacial score (nSPS) is 12.9. The summed E-state index contributed by atoms with van der Waals surface area (Å²) in [6, 6.07) is 8.10. The van der Waals surface area contributed by atoms with Crippen LogP contribution in [0.3, 0.4) is 0 Å². The van der Waals surface area contributed by atoms with E-state index in [1.165, 1.54) is 5.56 Å². The molecule has 0 saturated heterocycles. The predicted molar refractivity (Wildman–Crippen MR) is 64.6 cm³/mol. The van der Waals surface area contributed by atoms with Gasteiger partial charge in [-0.15, -0.1) is 11.6 Å². The number of nitrogens with zero attached hydrogens (tertiary/aromatic N) is 1. The zero-order valence-corrected chi connectivity index (χ0v) is 10.3. The van der Waals surface area contributed by atoms with Crippen molar-refractivity contribution in [2.45, 2.75) is 18.8 Å². The first-order valence-corrected chi connectivity index (χ1v) is 5.51. The predicted octanol–water partition coefficient (Wildman–Crippen LogP) is 2.75. The third kappa shape index (κ3) is 4.54. The number of hydrogen-bond donors (Lipinski definition) is 0. The smallest absolute Gasteiger partial charge is 0.119 e. The second kappa shape index (κ2) is 5.99. The average molecular weight is 228 g/mol. The van der Waals surface area contributed by atoms with E-state index in [4.69, 9.17) is 16.3 Å². The lowest BCUT2D eigenvalue weighted by Crippen LogP contribution is -2.24. The minimum absolute atomic E-state index is 0.181. The summed E-state index contributed by atoms with van der Waals surface area (Å²) >= 11 is 5.93. The van der Waals surface area contributed by atoms with E-state index in [0.717, 1.165) is 18.8 Å². The molecule has 0 bridgehead atoms. The lowest BCUT2D eigenvalue weighted by molar-refractivity contribution is 0.329. The molecule has 84 valence electrons. The van der Waals surface area contributed by atoms with Gasteiger partial charge in [0.1, 0.15) is 5.75 Å². The molecule has 3 heteroatoms. The number of rotatable bonds is 5. The first-order chi connectivity index (χ1) is 7.11. The first kappa shape index (κ1) is 12.3. The number of benzene rings is 1. The number of hydrogen-bond acceptors (Lipinski definition) is 2. The Balaban J connectivity index is 2.55. The van der Waals surface area contributed by atoms with Gasteiger partial charge in [-0.25, -0.2) is 0 Å². The molecule has 0 fully saturated rings. The van der Waals surface area contributed by atoms with Crippen molar-refractivity contribution < 1.29 is 4.74 Å². The Bertz CT molecular complexity index is 301. The van der Waals surface area contributed by atoms with E-state index in [1.54, 1.807) is 7.11 Å². The van der Waals surface area contributed by atoms with Crippen molar-refractivity contribution in [1.82, 2.24) is 4.90 Å². The topological polar surface area (TPSA) is 12.5 Å². The lowest BCUT2D eigenvalue weighted by atomic mass is 10.2. The Morgan fingerprint density at radius 1 is 1.47 bits per heavy atom. The van der Waals surface area contributed by atoms with Crippen molar-refractivity contribution >= 4 is 11.6 Å². The molecule has 2 nitrogen and oxygen atoms in total. The summed E-state index contributed by atoms with van der Waals surface area (Å²) < 4.78 is 5.17. The molecule has 0 N–H and O–H groups in total. The van der Waals surface area contributed by atoms with E-state index in [-0.39, 0.29) is 5.38 Å². The van der Waals surface area contributed by atoms with E-state index in [9.17, 15) is 0 Å². The van der Waals surface area contributed by atoms with E-state index >= 15 is 0 Å². The maximum atomic E-state index is 5.93. The molecule has 0 saturated carbocycles. The average Bonchev–Trinajstić information content (AvgIpc) is 2.16. The van der Waals surface area contributed by atoms with Crippen LogP contribution in [0, 0.1) is 0 Å². The third-order valence-electron chi connectivity index (χ3n) is 2.15. The van der Waals surface area contributed by atoms with Gasteiger partial charge >= 0.3 is 0 Å². The highest BCUT2D eigenvalue weighted by atomic mass is 35.5. The van der Waals surface area contributed by atoms with Gasteiger partial charge < -0.3 is 9.64 Å². The summed E-state index contributed by atoms with van der Waals surface area (Å²) in [6.45, 7) is 3.79. The maximum Gasteiger partial charge on any atom is 0.119 e. The molecule has 1 atom stereocenters. The number of methoxy groups -OCH3 is 1. The molecule has 0 amide bonds. The van der Waals surface area contributed by atoms with Crippen LogP contribution >= 0.6 is 11.6 Å². The van der Waals surface area contributed by atoms with E-state index in [1.807, 2.05) is 19.1 Å². The Morgan fingerprint density at radius 3 is 2.80 bits per heavy atom. The van der Waals surface area contributed by atoms with Crippen LogP contribution in [0.5, 0.6) is 5.75 Å². The Labute approximate surface area is 96.8 Å². The van der Waals surface area contributed by atoms with E-state index in [0.29, 0.717) is 0 Å². The molecule has 0 aliphatic carbocycles. The summed E-state index contributed by atoms with van der Waals surface area (Å²) in [5, 5.41) is 0.181. The van der Waals surface area contributed by atoms with Crippen LogP contribution in [0.15, 0.2) is 24.3 Å². The minimum Gasteiger partial charge on any atom is -0.497 e. The van der Waals surface area contributed by atoms with Crippen LogP contribution < -0.4 is 4.74 Å². The zero-order chi connectivity index (χ0) is 11.3. The van der Waals surface area contributed by atoms with Gasteiger partial charge in [-0.3, -0.25) is 0 Å². The summed E-state index contributed by atoms with van der Waals surface area (Å²) in [7, 11) is 3.75. The molecule has 1 aromatic rings. The molecule has 0 aliphatic rings. The third-order valence-corrected chi connectivity index (χ3v) is 2.29. The molecule has 1 unspecified atom stereocenters. The second-order valence-electron chi connectivity index (χ2n) is 3.83. The standard InChI is InChI=1S/C12H18ClNO/c1-10(13)8-14(2)9-11-5-4-6-12(7-11)15-3/h4-7,10H,8-9H2,1-3H3. The van der Waals surface area contributed by atoms with Crippen LogP contribution in [-0.4, -0.2) is 31.0 Å². The van der Waals surface area contributed by atoms with Crippen molar-refractivity contribution in [2.75, 3.05) is 20.7 Å². The summed E-state index contributed by atoms with van der Waals surface area (Å²) in [5.41, 5.74) is 1.24. The van der Waals surface area contributed by atoms with Gasteiger partial charge in [0.2, 0.25) is 0 Å². The lowest BCUT2D eigenvalue weighted by Gasteiger charge is -2.18. The quantitative estimate of drug-likeness (QED) is 0.718. The molecule has 0 radical (unpaired) electrons.